The molecule has 0 bridgehead atoms. The topological polar surface area (TPSA) is 79.2 Å². The lowest BCUT2D eigenvalue weighted by molar-refractivity contribution is -0.384. The van der Waals surface area contributed by atoms with Crippen LogP contribution in [0.2, 0.25) is 0 Å². The molecule has 0 spiro atoms. The minimum absolute atomic E-state index is 0.0155. The Labute approximate surface area is 248 Å². The third kappa shape index (κ3) is 7.63. The fourth-order valence-corrected chi connectivity index (χ4v) is 6.39. The number of nitrogens with zero attached hydrogens (tertiary/aromatic N) is 4. The van der Waals surface area contributed by atoms with Crippen LogP contribution in [0.3, 0.4) is 0 Å². The summed E-state index contributed by atoms with van der Waals surface area (Å²) in [6.45, 7) is 10.4. The number of carbonyl (C=O) groups is 1. The summed E-state index contributed by atoms with van der Waals surface area (Å²) >= 11 is 0. The average Bonchev–Trinajstić information content (AvgIpc) is 3.42. The van der Waals surface area contributed by atoms with Crippen molar-refractivity contribution >= 4 is 11.8 Å². The lowest BCUT2D eigenvalue weighted by Crippen LogP contribution is -2.48. The smallest absolute Gasteiger partial charge is 0.410 e. The van der Waals surface area contributed by atoms with Crippen molar-refractivity contribution in [2.24, 2.45) is 5.92 Å². The summed E-state index contributed by atoms with van der Waals surface area (Å²) in [6, 6.07) is 27.8. The maximum atomic E-state index is 13.1. The Morgan fingerprint density at radius 1 is 0.929 bits per heavy atom. The van der Waals surface area contributed by atoms with E-state index >= 15 is 0 Å². The number of piperidine rings is 1. The Morgan fingerprint density at radius 2 is 1.60 bits per heavy atom. The van der Waals surface area contributed by atoms with Crippen LogP contribution >= 0.6 is 0 Å². The summed E-state index contributed by atoms with van der Waals surface area (Å²) in [5.74, 6) is 1.04. The Bertz CT molecular complexity index is 1310. The molecule has 0 radical (unpaired) electrons. The second-order valence-electron chi connectivity index (χ2n) is 11.4. The zero-order valence-electron chi connectivity index (χ0n) is 24.1. The van der Waals surface area contributed by atoms with Gasteiger partial charge in [0.25, 0.3) is 5.69 Å². The minimum Gasteiger partial charge on any atom is -0.445 e. The van der Waals surface area contributed by atoms with Gasteiger partial charge in [-0.15, -0.1) is 6.58 Å². The summed E-state index contributed by atoms with van der Waals surface area (Å²) in [4.78, 5) is 30.4. The highest BCUT2D eigenvalue weighted by Crippen LogP contribution is 2.35. The van der Waals surface area contributed by atoms with E-state index in [9.17, 15) is 14.9 Å². The molecule has 0 aromatic heterocycles. The highest BCUT2D eigenvalue weighted by Gasteiger charge is 2.36. The van der Waals surface area contributed by atoms with E-state index < -0.39 is 4.92 Å². The molecule has 0 N–H and O–H groups in total. The molecule has 0 aliphatic carbocycles. The molecule has 220 valence electrons. The molecule has 3 aromatic rings. The molecule has 5 rings (SSSR count). The Hall–Kier alpha value is -4.01. The number of hydrogen-bond donors (Lipinski definition) is 0. The SMILES string of the molecule is C=CCN(C(=O)OCc1ccc([N+](=O)[O-])cc1)C1CCN(C[C@H]2CN(Cc3ccccc3)C[C@@H]2c2ccccc2)CC1. The quantitative estimate of drug-likeness (QED) is 0.158. The summed E-state index contributed by atoms with van der Waals surface area (Å²) in [5.41, 5.74) is 3.50. The zero-order chi connectivity index (χ0) is 29.3. The molecular formula is C34H40N4O4. The van der Waals surface area contributed by atoms with E-state index in [0.717, 1.165) is 52.1 Å². The molecule has 8 nitrogen and oxygen atoms in total. The van der Waals surface area contributed by atoms with E-state index in [-0.39, 0.29) is 24.4 Å². The number of non-ortho nitro benzene ring substituents is 1. The molecule has 0 unspecified atom stereocenters. The molecule has 1 amide bonds. The Balaban J connectivity index is 1.16. The molecule has 0 saturated carbocycles. The average molecular weight is 569 g/mol. The summed E-state index contributed by atoms with van der Waals surface area (Å²) in [7, 11) is 0. The van der Waals surface area contributed by atoms with Gasteiger partial charge in [-0.1, -0.05) is 66.7 Å². The maximum Gasteiger partial charge on any atom is 0.410 e. The van der Waals surface area contributed by atoms with Gasteiger partial charge in [0, 0.05) is 69.9 Å². The van der Waals surface area contributed by atoms with Crippen LogP contribution in [-0.2, 0) is 17.9 Å². The van der Waals surface area contributed by atoms with E-state index in [0.29, 0.717) is 23.9 Å². The molecule has 2 saturated heterocycles. The van der Waals surface area contributed by atoms with Crippen molar-refractivity contribution in [1.82, 2.24) is 14.7 Å². The third-order valence-electron chi connectivity index (χ3n) is 8.55. The van der Waals surface area contributed by atoms with Crippen LogP contribution in [0.5, 0.6) is 0 Å². The van der Waals surface area contributed by atoms with Crippen LogP contribution in [0.4, 0.5) is 10.5 Å². The highest BCUT2D eigenvalue weighted by molar-refractivity contribution is 5.68. The monoisotopic (exact) mass is 568 g/mol. The number of nitro benzene ring substituents is 1. The summed E-state index contributed by atoms with van der Waals surface area (Å²) in [5, 5.41) is 10.9. The number of ether oxygens (including phenoxy) is 1. The predicted molar refractivity (Wildman–Crippen MR) is 164 cm³/mol. The fraction of sp³-hybridized carbons (Fsp3) is 0.382. The number of amides is 1. The van der Waals surface area contributed by atoms with Gasteiger partial charge in [-0.25, -0.2) is 4.79 Å². The first kappa shape index (κ1) is 29.5. The van der Waals surface area contributed by atoms with E-state index in [1.54, 1.807) is 23.1 Å². The number of likely N-dealkylation sites (tertiary alicyclic amines) is 2. The van der Waals surface area contributed by atoms with Crippen molar-refractivity contribution in [1.29, 1.82) is 0 Å². The molecule has 2 heterocycles. The van der Waals surface area contributed by atoms with Gasteiger partial charge in [0.2, 0.25) is 0 Å². The number of rotatable bonds is 11. The van der Waals surface area contributed by atoms with Gasteiger partial charge in [-0.3, -0.25) is 15.0 Å². The fourth-order valence-electron chi connectivity index (χ4n) is 6.39. The van der Waals surface area contributed by atoms with Crippen molar-refractivity contribution in [3.8, 4) is 0 Å². The highest BCUT2D eigenvalue weighted by atomic mass is 16.6. The second-order valence-corrected chi connectivity index (χ2v) is 11.4. The first-order chi connectivity index (χ1) is 20.5. The van der Waals surface area contributed by atoms with Crippen LogP contribution < -0.4 is 0 Å². The lowest BCUT2D eigenvalue weighted by atomic mass is 9.88. The van der Waals surface area contributed by atoms with Gasteiger partial charge in [0.05, 0.1) is 4.92 Å². The molecule has 2 atom stereocenters. The standard InChI is InChI=1S/C34H40N4O4/c1-2-19-37(34(39)42-26-28-13-15-32(16-14-28)38(40)41)31-17-20-35(21-18-31)23-30-24-36(22-27-9-5-3-6-10-27)25-33(30)29-11-7-4-8-12-29/h2-16,30-31,33H,1,17-26H2/t30-,33+/m0/s1. The van der Waals surface area contributed by atoms with Crippen LogP contribution in [0, 0.1) is 16.0 Å². The van der Waals surface area contributed by atoms with Gasteiger partial charge >= 0.3 is 6.09 Å². The first-order valence-electron chi connectivity index (χ1n) is 14.8. The molecule has 2 aliphatic heterocycles. The van der Waals surface area contributed by atoms with Crippen LogP contribution in [0.25, 0.3) is 0 Å². The van der Waals surface area contributed by atoms with Gasteiger partial charge in [0.1, 0.15) is 6.61 Å². The van der Waals surface area contributed by atoms with Crippen molar-refractivity contribution < 1.29 is 14.5 Å². The number of nitro groups is 1. The van der Waals surface area contributed by atoms with Crippen LogP contribution in [0.15, 0.2) is 97.6 Å². The summed E-state index contributed by atoms with van der Waals surface area (Å²) in [6.07, 6.45) is 3.14. The van der Waals surface area contributed by atoms with E-state index in [1.807, 2.05) is 0 Å². The van der Waals surface area contributed by atoms with Gasteiger partial charge in [-0.2, -0.15) is 0 Å². The Morgan fingerprint density at radius 3 is 2.24 bits per heavy atom. The number of hydrogen-bond acceptors (Lipinski definition) is 6. The summed E-state index contributed by atoms with van der Waals surface area (Å²) < 4.78 is 5.60. The van der Waals surface area contributed by atoms with Gasteiger partial charge in [-0.05, 0) is 47.6 Å². The third-order valence-corrected chi connectivity index (χ3v) is 8.55. The van der Waals surface area contributed by atoms with E-state index in [4.69, 9.17) is 4.74 Å². The number of benzene rings is 3. The van der Waals surface area contributed by atoms with E-state index in [1.165, 1.54) is 23.3 Å². The van der Waals surface area contributed by atoms with Crippen molar-refractivity contribution in [3.05, 3.63) is 124 Å². The van der Waals surface area contributed by atoms with Crippen molar-refractivity contribution in [3.63, 3.8) is 0 Å². The molecule has 2 fully saturated rings. The molecule has 42 heavy (non-hydrogen) atoms. The van der Waals surface area contributed by atoms with E-state index in [2.05, 4.69) is 77.0 Å². The maximum absolute atomic E-state index is 13.1. The number of carbonyl (C=O) groups excluding carboxylic acids is 1. The zero-order valence-corrected chi connectivity index (χ0v) is 24.1. The Kier molecular flexibility index (Phi) is 10.0. The largest absolute Gasteiger partial charge is 0.445 e. The normalized spacial score (nSPS) is 19.8. The second kappa shape index (κ2) is 14.2. The molecular weight excluding hydrogens is 528 g/mol. The predicted octanol–water partition coefficient (Wildman–Crippen LogP) is 6.10. The molecule has 2 aliphatic rings. The first-order valence-corrected chi connectivity index (χ1v) is 14.8. The molecule has 3 aromatic carbocycles. The molecule has 8 heteroatoms. The minimum atomic E-state index is -0.441. The van der Waals surface area contributed by atoms with Crippen molar-refractivity contribution in [2.45, 2.75) is 38.0 Å². The van der Waals surface area contributed by atoms with Crippen LogP contribution in [0.1, 0.15) is 35.4 Å². The van der Waals surface area contributed by atoms with Gasteiger partial charge < -0.3 is 14.5 Å². The van der Waals surface area contributed by atoms with Crippen molar-refractivity contribution in [2.75, 3.05) is 39.3 Å². The van der Waals surface area contributed by atoms with Crippen LogP contribution in [-0.4, -0.2) is 71.0 Å². The van der Waals surface area contributed by atoms with Gasteiger partial charge in [0.15, 0.2) is 0 Å². The lowest BCUT2D eigenvalue weighted by Gasteiger charge is -2.39.